The first-order valence-electron chi connectivity index (χ1n) is 7.63. The fraction of sp³-hybridized carbons (Fsp3) is 0.158. The highest BCUT2D eigenvalue weighted by molar-refractivity contribution is 6.03. The molecule has 0 bridgehead atoms. The third kappa shape index (κ3) is 4.78. The summed E-state index contributed by atoms with van der Waals surface area (Å²) in [5.74, 6) is -0.892. The topological polar surface area (TPSA) is 58.2 Å². The number of nitrogens with one attached hydrogen (secondary N) is 2. The fourth-order valence-electron chi connectivity index (χ4n) is 2.21. The van der Waals surface area contributed by atoms with Crippen LogP contribution in [0.25, 0.3) is 0 Å². The molecule has 0 atom stereocenters. The highest BCUT2D eigenvalue weighted by Gasteiger charge is 2.13. The van der Waals surface area contributed by atoms with E-state index in [1.165, 1.54) is 6.07 Å². The van der Waals surface area contributed by atoms with Crippen molar-refractivity contribution in [2.75, 3.05) is 11.9 Å². The number of carbonyl (C=O) groups excluding carboxylic acids is 2. The van der Waals surface area contributed by atoms with Crippen LogP contribution in [0.2, 0.25) is 0 Å². The van der Waals surface area contributed by atoms with Gasteiger partial charge >= 0.3 is 0 Å². The summed E-state index contributed by atoms with van der Waals surface area (Å²) in [6, 6.07) is 13.1. The van der Waals surface area contributed by atoms with Gasteiger partial charge in [0.25, 0.3) is 5.91 Å². The van der Waals surface area contributed by atoms with Gasteiger partial charge in [0.2, 0.25) is 5.91 Å². The maximum absolute atomic E-state index is 13.6. The lowest BCUT2D eigenvalue weighted by Crippen LogP contribution is -2.25. The number of para-hydroxylation sites is 1. The standard InChI is InChI=1S/C19H19FN2O2/c1-2-13-21-19(24)15-8-4-6-10-17(15)22-18(23)12-11-14-7-3-5-9-16(14)20/h2-10H,1,11-13H2,(H,21,24)(H,22,23). The number of hydrogen-bond donors (Lipinski definition) is 2. The second kappa shape index (κ2) is 8.62. The second-order valence-electron chi connectivity index (χ2n) is 5.18. The molecule has 0 unspecified atom stereocenters. The van der Waals surface area contributed by atoms with Crippen molar-refractivity contribution >= 4 is 17.5 Å². The monoisotopic (exact) mass is 326 g/mol. The van der Waals surface area contributed by atoms with E-state index in [1.807, 2.05) is 0 Å². The molecule has 2 N–H and O–H groups in total. The summed E-state index contributed by atoms with van der Waals surface area (Å²) < 4.78 is 13.6. The molecular weight excluding hydrogens is 307 g/mol. The van der Waals surface area contributed by atoms with Crippen molar-refractivity contribution in [3.05, 3.63) is 78.1 Å². The molecule has 4 nitrogen and oxygen atoms in total. The number of carbonyl (C=O) groups is 2. The Hall–Kier alpha value is -2.95. The Morgan fingerprint density at radius 3 is 2.54 bits per heavy atom. The van der Waals surface area contributed by atoms with Gasteiger partial charge in [-0.05, 0) is 30.2 Å². The predicted molar refractivity (Wildman–Crippen MR) is 92.3 cm³/mol. The zero-order valence-electron chi connectivity index (χ0n) is 13.2. The van der Waals surface area contributed by atoms with Gasteiger partial charge in [-0.1, -0.05) is 36.4 Å². The molecule has 0 aliphatic carbocycles. The largest absolute Gasteiger partial charge is 0.349 e. The van der Waals surface area contributed by atoms with Crippen LogP contribution in [0.15, 0.2) is 61.2 Å². The van der Waals surface area contributed by atoms with Crippen LogP contribution in [0, 0.1) is 5.82 Å². The molecule has 0 heterocycles. The van der Waals surface area contributed by atoms with E-state index >= 15 is 0 Å². The highest BCUT2D eigenvalue weighted by Crippen LogP contribution is 2.16. The first-order chi connectivity index (χ1) is 11.6. The maximum Gasteiger partial charge on any atom is 0.253 e. The minimum absolute atomic E-state index is 0.129. The van der Waals surface area contributed by atoms with Crippen LogP contribution >= 0.6 is 0 Å². The van der Waals surface area contributed by atoms with E-state index in [0.717, 1.165) is 0 Å². The minimum Gasteiger partial charge on any atom is -0.349 e. The molecule has 2 amide bonds. The summed E-state index contributed by atoms with van der Waals surface area (Å²) in [5.41, 5.74) is 1.29. The van der Waals surface area contributed by atoms with Crippen molar-refractivity contribution < 1.29 is 14.0 Å². The molecule has 5 heteroatoms. The maximum atomic E-state index is 13.6. The van der Waals surface area contributed by atoms with Gasteiger partial charge < -0.3 is 10.6 Å². The molecule has 0 saturated heterocycles. The van der Waals surface area contributed by atoms with Crippen LogP contribution in [0.3, 0.4) is 0 Å². The van der Waals surface area contributed by atoms with Gasteiger partial charge in [0.1, 0.15) is 5.82 Å². The van der Waals surface area contributed by atoms with E-state index in [9.17, 15) is 14.0 Å². The van der Waals surface area contributed by atoms with Gasteiger partial charge in [0.05, 0.1) is 11.3 Å². The average Bonchev–Trinajstić information content (AvgIpc) is 2.59. The number of aryl methyl sites for hydroxylation is 1. The number of hydrogen-bond acceptors (Lipinski definition) is 2. The van der Waals surface area contributed by atoms with Crippen molar-refractivity contribution in [2.45, 2.75) is 12.8 Å². The molecule has 124 valence electrons. The van der Waals surface area contributed by atoms with Crippen molar-refractivity contribution in [3.8, 4) is 0 Å². The van der Waals surface area contributed by atoms with Crippen molar-refractivity contribution in [2.24, 2.45) is 0 Å². The van der Waals surface area contributed by atoms with E-state index in [1.54, 1.807) is 48.5 Å². The molecule has 0 saturated carbocycles. The normalized spacial score (nSPS) is 10.0. The number of anilines is 1. The van der Waals surface area contributed by atoms with Crippen LogP contribution in [-0.2, 0) is 11.2 Å². The number of halogens is 1. The van der Waals surface area contributed by atoms with Crippen LogP contribution < -0.4 is 10.6 Å². The Morgan fingerprint density at radius 1 is 1.08 bits per heavy atom. The van der Waals surface area contributed by atoms with E-state index < -0.39 is 0 Å². The Morgan fingerprint density at radius 2 is 1.79 bits per heavy atom. The SMILES string of the molecule is C=CCNC(=O)c1ccccc1NC(=O)CCc1ccccc1F. The van der Waals surface area contributed by atoms with E-state index in [0.29, 0.717) is 29.8 Å². The van der Waals surface area contributed by atoms with Gasteiger partial charge in [0.15, 0.2) is 0 Å². The summed E-state index contributed by atoms with van der Waals surface area (Å²) in [7, 11) is 0. The Bertz CT molecular complexity index is 744. The number of rotatable bonds is 7. The van der Waals surface area contributed by atoms with Gasteiger partial charge in [-0.3, -0.25) is 9.59 Å². The number of amides is 2. The van der Waals surface area contributed by atoms with E-state index in [4.69, 9.17) is 0 Å². The van der Waals surface area contributed by atoms with Crippen LogP contribution in [0.1, 0.15) is 22.3 Å². The summed E-state index contributed by atoms with van der Waals surface area (Å²) in [6.45, 7) is 3.88. The summed E-state index contributed by atoms with van der Waals surface area (Å²) in [6.07, 6.45) is 2.00. The molecule has 0 spiro atoms. The lowest BCUT2D eigenvalue weighted by atomic mass is 10.1. The smallest absolute Gasteiger partial charge is 0.253 e. The van der Waals surface area contributed by atoms with E-state index in [2.05, 4.69) is 17.2 Å². The minimum atomic E-state index is -0.325. The van der Waals surface area contributed by atoms with Crippen molar-refractivity contribution in [3.63, 3.8) is 0 Å². The molecule has 2 rings (SSSR count). The molecule has 0 aliphatic heterocycles. The molecule has 0 aliphatic rings. The van der Waals surface area contributed by atoms with Crippen molar-refractivity contribution in [1.29, 1.82) is 0 Å². The number of benzene rings is 2. The van der Waals surface area contributed by atoms with Gasteiger partial charge in [-0.25, -0.2) is 4.39 Å². The molecule has 2 aromatic carbocycles. The fourth-order valence-corrected chi connectivity index (χ4v) is 2.21. The van der Waals surface area contributed by atoms with Gasteiger partial charge in [0, 0.05) is 13.0 Å². The molecule has 2 aromatic rings. The first-order valence-corrected chi connectivity index (χ1v) is 7.63. The Labute approximate surface area is 140 Å². The predicted octanol–water partition coefficient (Wildman–Crippen LogP) is 3.31. The summed E-state index contributed by atoms with van der Waals surface area (Å²) in [4.78, 5) is 24.2. The third-order valence-electron chi connectivity index (χ3n) is 3.43. The Kier molecular flexibility index (Phi) is 6.25. The quantitative estimate of drug-likeness (QED) is 0.767. The first kappa shape index (κ1) is 17.4. The van der Waals surface area contributed by atoms with Crippen molar-refractivity contribution in [1.82, 2.24) is 5.32 Å². The molecule has 0 aromatic heterocycles. The van der Waals surface area contributed by atoms with Crippen LogP contribution in [0.4, 0.5) is 10.1 Å². The zero-order valence-corrected chi connectivity index (χ0v) is 13.2. The second-order valence-corrected chi connectivity index (χ2v) is 5.18. The summed E-state index contributed by atoms with van der Waals surface area (Å²) in [5, 5.41) is 5.38. The average molecular weight is 326 g/mol. The lowest BCUT2D eigenvalue weighted by molar-refractivity contribution is -0.116. The third-order valence-corrected chi connectivity index (χ3v) is 3.43. The van der Waals surface area contributed by atoms with Gasteiger partial charge in [-0.15, -0.1) is 6.58 Å². The molecule has 0 radical (unpaired) electrons. The highest BCUT2D eigenvalue weighted by atomic mass is 19.1. The molecule has 0 fully saturated rings. The van der Waals surface area contributed by atoms with Gasteiger partial charge in [-0.2, -0.15) is 0 Å². The summed E-state index contributed by atoms with van der Waals surface area (Å²) >= 11 is 0. The molecule has 24 heavy (non-hydrogen) atoms. The van der Waals surface area contributed by atoms with E-state index in [-0.39, 0.29) is 24.1 Å². The van der Waals surface area contributed by atoms with Crippen LogP contribution in [-0.4, -0.2) is 18.4 Å². The Balaban J connectivity index is 2.00. The molecular formula is C19H19FN2O2. The zero-order chi connectivity index (χ0) is 17.4. The van der Waals surface area contributed by atoms with Crippen LogP contribution in [0.5, 0.6) is 0 Å². The lowest BCUT2D eigenvalue weighted by Gasteiger charge is -2.11.